The highest BCUT2D eigenvalue weighted by Crippen LogP contribution is 2.60. The van der Waals surface area contributed by atoms with Crippen molar-refractivity contribution in [2.75, 3.05) is 0 Å². The van der Waals surface area contributed by atoms with Crippen LogP contribution in [-0.4, -0.2) is 0 Å². The number of aryl methyl sites for hydroxylation is 1. The lowest BCUT2D eigenvalue weighted by Gasteiger charge is -2.20. The van der Waals surface area contributed by atoms with E-state index in [4.69, 9.17) is 0 Å². The molecule has 0 unspecified atom stereocenters. The van der Waals surface area contributed by atoms with Crippen LogP contribution in [0.3, 0.4) is 0 Å². The summed E-state index contributed by atoms with van der Waals surface area (Å²) in [6.45, 7) is 2.07. The maximum Gasteiger partial charge on any atom is 0.199 e. The maximum atomic E-state index is 14.7. The number of fused-ring (bicyclic) bond motifs is 2. The second-order valence-electron chi connectivity index (χ2n) is 7.52. The summed E-state index contributed by atoms with van der Waals surface area (Å²) in [7, 11) is 0. The SMILES string of the molecule is Cc1ccc(SP(=O)(c2ccc3ccccc3c2)c2ccc3ccccc3c2)cc1. The lowest BCUT2D eigenvalue weighted by Crippen LogP contribution is -2.13. The summed E-state index contributed by atoms with van der Waals surface area (Å²) in [5, 5.41) is 6.29. The van der Waals surface area contributed by atoms with Crippen molar-refractivity contribution >= 4 is 49.9 Å². The van der Waals surface area contributed by atoms with Crippen molar-refractivity contribution in [1.82, 2.24) is 0 Å². The van der Waals surface area contributed by atoms with Crippen LogP contribution in [-0.2, 0) is 4.57 Å². The van der Waals surface area contributed by atoms with Gasteiger partial charge in [-0.05, 0) is 64.9 Å². The topological polar surface area (TPSA) is 17.1 Å². The number of benzene rings is 5. The van der Waals surface area contributed by atoms with Gasteiger partial charge in [0, 0.05) is 15.5 Å². The van der Waals surface area contributed by atoms with Crippen LogP contribution in [0, 0.1) is 6.92 Å². The van der Waals surface area contributed by atoms with E-state index in [-0.39, 0.29) is 0 Å². The van der Waals surface area contributed by atoms with E-state index in [1.54, 1.807) is 0 Å². The van der Waals surface area contributed by atoms with Crippen LogP contribution in [0.5, 0.6) is 0 Å². The van der Waals surface area contributed by atoms with Gasteiger partial charge in [0.1, 0.15) is 0 Å². The van der Waals surface area contributed by atoms with Crippen LogP contribution in [0.25, 0.3) is 21.5 Å². The fraction of sp³-hybridized carbons (Fsp3) is 0.0370. The van der Waals surface area contributed by atoms with E-state index in [0.29, 0.717) is 0 Å². The molecule has 0 spiro atoms. The molecule has 0 amide bonds. The van der Waals surface area contributed by atoms with Gasteiger partial charge in [0.15, 0.2) is 6.34 Å². The fourth-order valence-electron chi connectivity index (χ4n) is 3.72. The predicted molar refractivity (Wildman–Crippen MR) is 132 cm³/mol. The molecule has 0 aromatic heterocycles. The third kappa shape index (κ3) is 3.58. The number of rotatable bonds is 4. The lowest BCUT2D eigenvalue weighted by molar-refractivity contribution is 0.595. The van der Waals surface area contributed by atoms with Gasteiger partial charge in [-0.1, -0.05) is 89.7 Å². The van der Waals surface area contributed by atoms with Crippen molar-refractivity contribution in [3.05, 3.63) is 115 Å². The average Bonchev–Trinajstić information content (AvgIpc) is 2.80. The Morgan fingerprint density at radius 3 is 1.53 bits per heavy atom. The summed E-state index contributed by atoms with van der Waals surface area (Å²) in [6, 6.07) is 37.1. The minimum Gasteiger partial charge on any atom is -0.302 e. The smallest absolute Gasteiger partial charge is 0.199 e. The third-order valence-electron chi connectivity index (χ3n) is 5.40. The zero-order chi connectivity index (χ0) is 20.6. The van der Waals surface area contributed by atoms with Crippen molar-refractivity contribution in [2.24, 2.45) is 0 Å². The van der Waals surface area contributed by atoms with E-state index >= 15 is 0 Å². The predicted octanol–water partition coefficient (Wildman–Crippen LogP) is 7.32. The molecular weight excluding hydrogens is 403 g/mol. The summed E-state index contributed by atoms with van der Waals surface area (Å²) in [6.07, 6.45) is -2.95. The normalized spacial score (nSPS) is 11.8. The highest BCUT2D eigenvalue weighted by atomic mass is 32.7. The second kappa shape index (κ2) is 7.80. The molecule has 0 aliphatic rings. The van der Waals surface area contributed by atoms with E-state index in [1.165, 1.54) is 16.9 Å². The molecule has 5 aromatic rings. The minimum absolute atomic E-state index is 0.877. The van der Waals surface area contributed by atoms with Gasteiger partial charge >= 0.3 is 0 Å². The van der Waals surface area contributed by atoms with Crippen LogP contribution < -0.4 is 10.6 Å². The molecule has 30 heavy (non-hydrogen) atoms. The second-order valence-corrected chi connectivity index (χ2v) is 12.4. The quantitative estimate of drug-likeness (QED) is 0.281. The maximum absolute atomic E-state index is 14.7. The molecule has 0 saturated carbocycles. The van der Waals surface area contributed by atoms with Gasteiger partial charge < -0.3 is 4.57 Å². The Labute approximate surface area is 180 Å². The Kier molecular flexibility index (Phi) is 4.98. The molecule has 1 nitrogen and oxygen atoms in total. The molecule has 0 N–H and O–H groups in total. The Balaban J connectivity index is 1.70. The first-order chi connectivity index (χ1) is 14.6. The molecule has 5 aromatic carbocycles. The third-order valence-corrected chi connectivity index (χ3v) is 10.7. The first-order valence-corrected chi connectivity index (χ1v) is 13.1. The average molecular weight is 425 g/mol. The molecule has 0 bridgehead atoms. The molecule has 0 heterocycles. The lowest BCUT2D eigenvalue weighted by atomic mass is 10.1. The summed E-state index contributed by atoms with van der Waals surface area (Å²) in [5.41, 5.74) is 1.20. The monoisotopic (exact) mass is 424 g/mol. The molecular formula is C27H21OPS. The molecule has 5 rings (SSSR count). The first kappa shape index (κ1) is 19.2. The van der Waals surface area contributed by atoms with Crippen molar-refractivity contribution in [1.29, 1.82) is 0 Å². The van der Waals surface area contributed by atoms with E-state index in [1.807, 2.05) is 36.4 Å². The first-order valence-electron chi connectivity index (χ1n) is 9.97. The largest absolute Gasteiger partial charge is 0.302 e. The van der Waals surface area contributed by atoms with Crippen molar-refractivity contribution < 1.29 is 4.57 Å². The molecule has 0 aliphatic heterocycles. The van der Waals surface area contributed by atoms with Crippen LogP contribution in [0.2, 0.25) is 0 Å². The zero-order valence-corrected chi connectivity index (χ0v) is 18.4. The summed E-state index contributed by atoms with van der Waals surface area (Å²) in [5.74, 6) is 0. The summed E-state index contributed by atoms with van der Waals surface area (Å²) >= 11 is 1.48. The molecule has 0 fully saturated rings. The van der Waals surface area contributed by atoms with Crippen molar-refractivity contribution in [2.45, 2.75) is 11.8 Å². The summed E-state index contributed by atoms with van der Waals surface area (Å²) < 4.78 is 14.7. The molecule has 3 heteroatoms. The molecule has 0 aliphatic carbocycles. The molecule has 0 radical (unpaired) electrons. The number of hydrogen-bond acceptors (Lipinski definition) is 2. The number of hydrogen-bond donors (Lipinski definition) is 0. The van der Waals surface area contributed by atoms with Gasteiger partial charge in [-0.3, -0.25) is 0 Å². The Bertz CT molecular complexity index is 1320. The Morgan fingerprint density at radius 2 is 1.03 bits per heavy atom. The van der Waals surface area contributed by atoms with E-state index in [2.05, 4.69) is 79.7 Å². The van der Waals surface area contributed by atoms with E-state index < -0.39 is 6.34 Å². The van der Waals surface area contributed by atoms with Gasteiger partial charge in [-0.25, -0.2) is 0 Å². The standard InChI is InChI=1S/C27H21OPS/c1-20-10-16-27(17-11-20)30-29(28,25-14-12-21-6-2-4-8-23(21)18-25)26-15-13-22-7-3-5-9-24(22)19-26/h2-19H,1H3. The van der Waals surface area contributed by atoms with E-state index in [0.717, 1.165) is 37.0 Å². The van der Waals surface area contributed by atoms with Crippen LogP contribution in [0.4, 0.5) is 0 Å². The van der Waals surface area contributed by atoms with Crippen LogP contribution >= 0.6 is 17.7 Å². The van der Waals surface area contributed by atoms with E-state index in [9.17, 15) is 4.57 Å². The van der Waals surface area contributed by atoms with Crippen molar-refractivity contribution in [3.8, 4) is 0 Å². The zero-order valence-electron chi connectivity index (χ0n) is 16.7. The van der Waals surface area contributed by atoms with Gasteiger partial charge in [-0.2, -0.15) is 0 Å². The highest BCUT2D eigenvalue weighted by Gasteiger charge is 2.29. The highest BCUT2D eigenvalue weighted by molar-refractivity contribution is 8.62. The molecule has 146 valence electrons. The van der Waals surface area contributed by atoms with Crippen molar-refractivity contribution in [3.63, 3.8) is 0 Å². The Morgan fingerprint density at radius 1 is 0.567 bits per heavy atom. The fourth-order valence-corrected chi connectivity index (χ4v) is 8.51. The van der Waals surface area contributed by atoms with Gasteiger partial charge in [0.05, 0.1) is 0 Å². The molecule has 0 atom stereocenters. The van der Waals surface area contributed by atoms with Crippen LogP contribution in [0.15, 0.2) is 114 Å². The van der Waals surface area contributed by atoms with Gasteiger partial charge in [0.2, 0.25) is 0 Å². The van der Waals surface area contributed by atoms with Crippen LogP contribution in [0.1, 0.15) is 5.56 Å². The Hall–Kier alpha value is -2.80. The summed E-state index contributed by atoms with van der Waals surface area (Å²) in [4.78, 5) is 1.02. The van der Waals surface area contributed by atoms with Gasteiger partial charge in [0.25, 0.3) is 0 Å². The minimum atomic E-state index is -2.95. The molecule has 0 saturated heterocycles. The van der Waals surface area contributed by atoms with Gasteiger partial charge in [-0.15, -0.1) is 0 Å².